The first-order valence-electron chi connectivity index (χ1n) is 11.6. The number of methoxy groups -OCH3 is 1. The lowest BCUT2D eigenvalue weighted by Gasteiger charge is -2.23. The van der Waals surface area contributed by atoms with E-state index in [2.05, 4.69) is 0 Å². The number of benzene rings is 3. The van der Waals surface area contributed by atoms with Gasteiger partial charge in [0.15, 0.2) is 0 Å². The zero-order valence-corrected chi connectivity index (χ0v) is 20.2. The molecule has 0 spiro atoms. The number of aryl methyl sites for hydroxylation is 1. The van der Waals surface area contributed by atoms with Crippen LogP contribution in [0.5, 0.6) is 11.6 Å². The minimum absolute atomic E-state index is 0.0327. The van der Waals surface area contributed by atoms with Gasteiger partial charge in [0.1, 0.15) is 17.4 Å². The highest BCUT2D eigenvalue weighted by Crippen LogP contribution is 2.33. The monoisotopic (exact) mass is 491 g/mol. The Morgan fingerprint density at radius 2 is 1.75 bits per heavy atom. The molecule has 0 aliphatic carbocycles. The number of aromatic nitrogens is 2. The quantitative estimate of drug-likeness (QED) is 0.282. The minimum atomic E-state index is -0.600. The molecular formula is C28H27F2N3O3. The molecule has 1 heterocycles. The van der Waals surface area contributed by atoms with E-state index in [-0.39, 0.29) is 25.3 Å². The fourth-order valence-corrected chi connectivity index (χ4v) is 3.86. The molecule has 0 saturated carbocycles. The van der Waals surface area contributed by atoms with Crippen molar-refractivity contribution in [3.8, 4) is 17.3 Å². The summed E-state index contributed by atoms with van der Waals surface area (Å²) in [5.41, 5.74) is 2.06. The number of ether oxygens (including phenoxy) is 2. The first-order chi connectivity index (χ1) is 17.5. The fraction of sp³-hybridized carbons (Fsp3) is 0.214. The standard InChI is InChI=1S/C28H27F2N3O3/c1-3-26-24(19-32(16-17-35-2)27(34)23-14-7-8-15-25(23)30)28(36-22-13-9-10-20(29)18-22)33(31-26)21-11-5-4-6-12-21/h4-15,18H,3,16-17,19H2,1-2H3. The van der Waals surface area contributed by atoms with Gasteiger partial charge in [-0.05, 0) is 42.8 Å². The molecule has 0 unspecified atom stereocenters. The number of amides is 1. The number of carbonyl (C=O) groups excluding carboxylic acids is 1. The molecule has 1 aromatic heterocycles. The van der Waals surface area contributed by atoms with Gasteiger partial charge in [0.05, 0.1) is 35.7 Å². The SMILES string of the molecule is CCc1nn(-c2ccccc2)c(Oc2cccc(F)c2)c1CN(CCOC)C(=O)c1ccccc1F. The third-order valence-electron chi connectivity index (χ3n) is 5.67. The molecule has 0 aliphatic heterocycles. The lowest BCUT2D eigenvalue weighted by molar-refractivity contribution is 0.0674. The van der Waals surface area contributed by atoms with Gasteiger partial charge in [0.25, 0.3) is 5.91 Å². The molecule has 0 bridgehead atoms. The fourth-order valence-electron chi connectivity index (χ4n) is 3.86. The van der Waals surface area contributed by atoms with E-state index in [4.69, 9.17) is 14.6 Å². The van der Waals surface area contributed by atoms with E-state index < -0.39 is 17.5 Å². The molecular weight excluding hydrogens is 464 g/mol. The van der Waals surface area contributed by atoms with Crippen LogP contribution in [0.4, 0.5) is 8.78 Å². The zero-order valence-electron chi connectivity index (χ0n) is 20.2. The molecule has 8 heteroatoms. The van der Waals surface area contributed by atoms with E-state index in [1.54, 1.807) is 22.9 Å². The molecule has 3 aromatic carbocycles. The topological polar surface area (TPSA) is 56.6 Å². The summed E-state index contributed by atoms with van der Waals surface area (Å²) < 4.78 is 41.5. The second kappa shape index (κ2) is 11.6. The molecule has 36 heavy (non-hydrogen) atoms. The van der Waals surface area contributed by atoms with Gasteiger partial charge >= 0.3 is 0 Å². The lowest BCUT2D eigenvalue weighted by Crippen LogP contribution is -2.34. The number of para-hydroxylation sites is 1. The summed E-state index contributed by atoms with van der Waals surface area (Å²) in [4.78, 5) is 14.9. The maximum absolute atomic E-state index is 14.5. The van der Waals surface area contributed by atoms with Crippen LogP contribution in [0.25, 0.3) is 5.69 Å². The smallest absolute Gasteiger partial charge is 0.257 e. The van der Waals surface area contributed by atoms with Crippen molar-refractivity contribution in [1.82, 2.24) is 14.7 Å². The van der Waals surface area contributed by atoms with Crippen LogP contribution < -0.4 is 4.74 Å². The Labute approximate surface area is 208 Å². The van der Waals surface area contributed by atoms with E-state index in [1.807, 2.05) is 37.3 Å². The normalized spacial score (nSPS) is 10.9. The largest absolute Gasteiger partial charge is 0.438 e. The third-order valence-corrected chi connectivity index (χ3v) is 5.67. The Hall–Kier alpha value is -4.04. The van der Waals surface area contributed by atoms with Gasteiger partial charge in [-0.2, -0.15) is 5.10 Å². The predicted molar refractivity (Wildman–Crippen MR) is 132 cm³/mol. The zero-order chi connectivity index (χ0) is 25.5. The van der Waals surface area contributed by atoms with Crippen molar-refractivity contribution in [2.75, 3.05) is 20.3 Å². The van der Waals surface area contributed by atoms with Crippen molar-refractivity contribution in [2.45, 2.75) is 19.9 Å². The average Bonchev–Trinajstić information content (AvgIpc) is 3.23. The van der Waals surface area contributed by atoms with Crippen molar-refractivity contribution < 1.29 is 23.0 Å². The van der Waals surface area contributed by atoms with Crippen LogP contribution in [-0.2, 0) is 17.7 Å². The van der Waals surface area contributed by atoms with Crippen LogP contribution in [0.1, 0.15) is 28.5 Å². The van der Waals surface area contributed by atoms with Crippen LogP contribution >= 0.6 is 0 Å². The van der Waals surface area contributed by atoms with Crippen LogP contribution in [0, 0.1) is 11.6 Å². The van der Waals surface area contributed by atoms with E-state index in [0.717, 1.165) is 5.69 Å². The van der Waals surface area contributed by atoms with Gasteiger partial charge in [-0.1, -0.05) is 43.3 Å². The Morgan fingerprint density at radius 1 is 1.00 bits per heavy atom. The summed E-state index contributed by atoms with van der Waals surface area (Å²) >= 11 is 0. The summed E-state index contributed by atoms with van der Waals surface area (Å²) in [5, 5.41) is 4.76. The van der Waals surface area contributed by atoms with Crippen molar-refractivity contribution in [3.05, 3.63) is 107 Å². The van der Waals surface area contributed by atoms with Crippen LogP contribution in [0.3, 0.4) is 0 Å². The predicted octanol–water partition coefficient (Wildman–Crippen LogP) is 5.79. The molecule has 0 aliphatic rings. The molecule has 4 aromatic rings. The summed E-state index contributed by atoms with van der Waals surface area (Å²) in [6.45, 7) is 2.53. The number of halogens is 2. The molecule has 6 nitrogen and oxygen atoms in total. The number of rotatable bonds is 10. The van der Waals surface area contributed by atoms with Crippen LogP contribution in [0.15, 0.2) is 78.9 Å². The molecule has 0 saturated heterocycles. The number of carbonyl (C=O) groups is 1. The van der Waals surface area contributed by atoms with Crippen LogP contribution in [0.2, 0.25) is 0 Å². The summed E-state index contributed by atoms with van der Waals surface area (Å²) in [7, 11) is 1.54. The highest BCUT2D eigenvalue weighted by molar-refractivity contribution is 5.94. The van der Waals surface area contributed by atoms with E-state index in [9.17, 15) is 13.6 Å². The first kappa shape index (κ1) is 25.1. The van der Waals surface area contributed by atoms with Gasteiger partial charge in [0, 0.05) is 19.7 Å². The highest BCUT2D eigenvalue weighted by Gasteiger charge is 2.26. The first-order valence-corrected chi connectivity index (χ1v) is 11.6. The van der Waals surface area contributed by atoms with Gasteiger partial charge < -0.3 is 14.4 Å². The van der Waals surface area contributed by atoms with E-state index in [1.165, 1.54) is 42.3 Å². The number of hydrogen-bond acceptors (Lipinski definition) is 4. The second-order valence-electron chi connectivity index (χ2n) is 8.09. The van der Waals surface area contributed by atoms with Crippen molar-refractivity contribution in [2.24, 2.45) is 0 Å². The average molecular weight is 492 g/mol. The molecule has 0 radical (unpaired) electrons. The maximum atomic E-state index is 14.5. The second-order valence-corrected chi connectivity index (χ2v) is 8.09. The Morgan fingerprint density at radius 3 is 2.44 bits per heavy atom. The lowest BCUT2D eigenvalue weighted by atomic mass is 10.1. The molecule has 0 N–H and O–H groups in total. The van der Waals surface area contributed by atoms with Gasteiger partial charge in [-0.25, -0.2) is 13.5 Å². The van der Waals surface area contributed by atoms with Crippen molar-refractivity contribution in [1.29, 1.82) is 0 Å². The van der Waals surface area contributed by atoms with E-state index in [0.29, 0.717) is 29.3 Å². The number of hydrogen-bond donors (Lipinski definition) is 0. The summed E-state index contributed by atoms with van der Waals surface area (Å²) in [6.07, 6.45) is 0.556. The van der Waals surface area contributed by atoms with Gasteiger partial charge in [-0.15, -0.1) is 0 Å². The van der Waals surface area contributed by atoms with Gasteiger partial charge in [-0.3, -0.25) is 4.79 Å². The minimum Gasteiger partial charge on any atom is -0.438 e. The maximum Gasteiger partial charge on any atom is 0.257 e. The van der Waals surface area contributed by atoms with Crippen molar-refractivity contribution in [3.63, 3.8) is 0 Å². The summed E-state index contributed by atoms with van der Waals surface area (Å²) in [5.74, 6) is -0.868. The van der Waals surface area contributed by atoms with Crippen molar-refractivity contribution >= 4 is 5.91 Å². The van der Waals surface area contributed by atoms with Gasteiger partial charge in [0.2, 0.25) is 5.88 Å². The Balaban J connectivity index is 1.80. The molecule has 0 atom stereocenters. The highest BCUT2D eigenvalue weighted by atomic mass is 19.1. The van der Waals surface area contributed by atoms with E-state index >= 15 is 0 Å². The number of nitrogens with zero attached hydrogens (tertiary/aromatic N) is 3. The Kier molecular flexibility index (Phi) is 8.07. The molecule has 0 fully saturated rings. The third kappa shape index (κ3) is 5.60. The molecule has 4 rings (SSSR count). The Bertz CT molecular complexity index is 1320. The summed E-state index contributed by atoms with van der Waals surface area (Å²) in [6, 6.07) is 21.1. The molecule has 1 amide bonds. The van der Waals surface area contributed by atoms with Crippen LogP contribution in [-0.4, -0.2) is 40.8 Å². The molecule has 186 valence electrons.